The lowest BCUT2D eigenvalue weighted by Crippen LogP contribution is -2.28. The van der Waals surface area contributed by atoms with Crippen molar-refractivity contribution < 1.29 is 13.5 Å². The summed E-state index contributed by atoms with van der Waals surface area (Å²) in [4.78, 5) is 0.208. The Bertz CT molecular complexity index is 932. The van der Waals surface area contributed by atoms with Crippen molar-refractivity contribution in [3.63, 3.8) is 0 Å². The van der Waals surface area contributed by atoms with E-state index in [4.69, 9.17) is 0 Å². The summed E-state index contributed by atoms with van der Waals surface area (Å²) in [6.07, 6.45) is -0.884. The zero-order chi connectivity index (χ0) is 16.4. The minimum Gasteiger partial charge on any atom is -0.387 e. The van der Waals surface area contributed by atoms with E-state index in [0.717, 1.165) is 21.2 Å². The van der Waals surface area contributed by atoms with Gasteiger partial charge in [-0.15, -0.1) is 11.3 Å². The van der Waals surface area contributed by atoms with E-state index in [1.165, 1.54) is 11.3 Å². The van der Waals surface area contributed by atoms with Crippen molar-refractivity contribution in [2.45, 2.75) is 17.9 Å². The number of rotatable bonds is 5. The molecule has 0 saturated carbocycles. The number of thiophene rings is 1. The zero-order valence-corrected chi connectivity index (χ0v) is 14.2. The van der Waals surface area contributed by atoms with Crippen molar-refractivity contribution in [1.29, 1.82) is 0 Å². The highest BCUT2D eigenvalue weighted by atomic mass is 32.2. The van der Waals surface area contributed by atoms with Gasteiger partial charge in [-0.25, -0.2) is 13.1 Å². The molecular formula is C17H17NO3S2. The number of sulfonamides is 1. The second-order valence-corrected chi connectivity index (χ2v) is 8.05. The molecule has 23 heavy (non-hydrogen) atoms. The van der Waals surface area contributed by atoms with Gasteiger partial charge in [0, 0.05) is 16.8 Å². The van der Waals surface area contributed by atoms with Gasteiger partial charge in [-0.3, -0.25) is 0 Å². The molecule has 1 heterocycles. The molecule has 2 N–H and O–H groups in total. The van der Waals surface area contributed by atoms with E-state index in [1.807, 2.05) is 42.6 Å². The first-order valence-electron chi connectivity index (χ1n) is 7.18. The molecule has 0 aliphatic carbocycles. The molecule has 0 aliphatic rings. The summed E-state index contributed by atoms with van der Waals surface area (Å²) in [6, 6.07) is 14.4. The summed E-state index contributed by atoms with van der Waals surface area (Å²) in [6.45, 7) is 1.78. The maximum atomic E-state index is 12.3. The Morgan fingerprint density at radius 3 is 2.74 bits per heavy atom. The molecule has 1 atom stereocenters. The summed E-state index contributed by atoms with van der Waals surface area (Å²) >= 11 is 1.54. The van der Waals surface area contributed by atoms with Crippen molar-refractivity contribution in [3.8, 4) is 0 Å². The topological polar surface area (TPSA) is 66.4 Å². The predicted octanol–water partition coefficient (Wildman–Crippen LogP) is 3.22. The third kappa shape index (κ3) is 3.45. The van der Waals surface area contributed by atoms with Crippen LogP contribution in [0.5, 0.6) is 0 Å². The molecule has 0 spiro atoms. The summed E-state index contributed by atoms with van der Waals surface area (Å²) in [7, 11) is -3.63. The van der Waals surface area contributed by atoms with Gasteiger partial charge in [0.1, 0.15) is 0 Å². The fraction of sp³-hybridized carbons (Fsp3) is 0.176. The molecule has 0 fully saturated rings. The van der Waals surface area contributed by atoms with Crippen molar-refractivity contribution in [2.75, 3.05) is 6.54 Å². The highest BCUT2D eigenvalue weighted by molar-refractivity contribution is 7.89. The number of fused-ring (bicyclic) bond motifs is 1. The summed E-state index contributed by atoms with van der Waals surface area (Å²) < 4.78 is 28.2. The monoisotopic (exact) mass is 347 g/mol. The van der Waals surface area contributed by atoms with E-state index in [1.54, 1.807) is 18.2 Å². The van der Waals surface area contributed by atoms with Crippen molar-refractivity contribution in [1.82, 2.24) is 4.72 Å². The van der Waals surface area contributed by atoms with Gasteiger partial charge in [-0.1, -0.05) is 30.3 Å². The minimum atomic E-state index is -3.63. The molecule has 4 nitrogen and oxygen atoms in total. The number of hydrogen-bond acceptors (Lipinski definition) is 4. The number of nitrogens with one attached hydrogen (secondary N) is 1. The third-order valence-electron chi connectivity index (χ3n) is 3.64. The molecular weight excluding hydrogens is 330 g/mol. The third-order valence-corrected chi connectivity index (χ3v) is 6.04. The molecule has 3 aromatic rings. The Labute approximate surface area is 139 Å². The lowest BCUT2D eigenvalue weighted by atomic mass is 10.1. The van der Waals surface area contributed by atoms with Gasteiger partial charge in [-0.2, -0.15) is 0 Å². The predicted molar refractivity (Wildman–Crippen MR) is 93.2 cm³/mol. The first-order valence-corrected chi connectivity index (χ1v) is 9.54. The van der Waals surface area contributed by atoms with Crippen molar-refractivity contribution >= 4 is 31.4 Å². The van der Waals surface area contributed by atoms with E-state index in [2.05, 4.69) is 4.72 Å². The van der Waals surface area contributed by atoms with Crippen LogP contribution in [0.4, 0.5) is 0 Å². The maximum Gasteiger partial charge on any atom is 0.240 e. The second kappa shape index (κ2) is 6.41. The smallest absolute Gasteiger partial charge is 0.240 e. The lowest BCUT2D eigenvalue weighted by molar-refractivity contribution is 0.184. The van der Waals surface area contributed by atoms with E-state index in [-0.39, 0.29) is 11.4 Å². The molecule has 0 amide bonds. The molecule has 0 radical (unpaired) electrons. The minimum absolute atomic E-state index is 0.0585. The molecule has 1 aromatic heterocycles. The molecule has 1 unspecified atom stereocenters. The van der Waals surface area contributed by atoms with Crippen molar-refractivity contribution in [2.24, 2.45) is 0 Å². The SMILES string of the molecule is Cc1cccc(S(=O)(=O)NCC(O)c2csc3ccccc23)c1. The van der Waals surface area contributed by atoms with Gasteiger partial charge < -0.3 is 5.11 Å². The second-order valence-electron chi connectivity index (χ2n) is 5.37. The van der Waals surface area contributed by atoms with Crippen LogP contribution in [-0.4, -0.2) is 20.1 Å². The van der Waals surface area contributed by atoms with Gasteiger partial charge in [0.2, 0.25) is 10.0 Å². The number of benzene rings is 2. The molecule has 0 bridgehead atoms. The number of aliphatic hydroxyl groups excluding tert-OH is 1. The quantitative estimate of drug-likeness (QED) is 0.745. The average molecular weight is 347 g/mol. The number of aryl methyl sites for hydroxylation is 1. The fourth-order valence-corrected chi connectivity index (χ4v) is 4.57. The first kappa shape index (κ1) is 16.1. The number of aliphatic hydroxyl groups is 1. The fourth-order valence-electron chi connectivity index (χ4n) is 2.42. The highest BCUT2D eigenvalue weighted by Crippen LogP contribution is 2.30. The molecule has 6 heteroatoms. The van der Waals surface area contributed by atoms with Crippen LogP contribution in [-0.2, 0) is 10.0 Å². The summed E-state index contributed by atoms with van der Waals surface area (Å²) in [5.41, 5.74) is 1.62. The normalized spacial score (nSPS) is 13.3. The molecule has 3 rings (SSSR count). The lowest BCUT2D eigenvalue weighted by Gasteiger charge is -2.12. The molecule has 2 aromatic carbocycles. The van der Waals surface area contributed by atoms with Crippen LogP contribution in [0.2, 0.25) is 0 Å². The Morgan fingerprint density at radius 2 is 1.96 bits per heavy atom. The average Bonchev–Trinajstić information content (AvgIpc) is 2.97. The zero-order valence-electron chi connectivity index (χ0n) is 12.6. The van der Waals surface area contributed by atoms with Crippen LogP contribution in [0.3, 0.4) is 0 Å². The number of hydrogen-bond donors (Lipinski definition) is 2. The van der Waals surface area contributed by atoms with Gasteiger partial charge in [0.25, 0.3) is 0 Å². The Kier molecular flexibility index (Phi) is 4.50. The largest absolute Gasteiger partial charge is 0.387 e. The van der Waals surface area contributed by atoms with Crippen LogP contribution in [0, 0.1) is 6.92 Å². The summed E-state index contributed by atoms with van der Waals surface area (Å²) in [5, 5.41) is 13.2. The molecule has 120 valence electrons. The first-order chi connectivity index (χ1) is 11.0. The van der Waals surface area contributed by atoms with E-state index >= 15 is 0 Å². The van der Waals surface area contributed by atoms with Gasteiger partial charge in [-0.05, 0) is 41.5 Å². The van der Waals surface area contributed by atoms with Crippen molar-refractivity contribution in [3.05, 3.63) is 65.0 Å². The van der Waals surface area contributed by atoms with Crippen LogP contribution in [0.25, 0.3) is 10.1 Å². The Morgan fingerprint density at radius 1 is 1.17 bits per heavy atom. The van der Waals surface area contributed by atoms with E-state index in [9.17, 15) is 13.5 Å². The summed E-state index contributed by atoms with van der Waals surface area (Å²) in [5.74, 6) is 0. The highest BCUT2D eigenvalue weighted by Gasteiger charge is 2.18. The van der Waals surface area contributed by atoms with Gasteiger partial charge in [0.05, 0.1) is 11.0 Å². The van der Waals surface area contributed by atoms with Crippen LogP contribution in [0.15, 0.2) is 58.8 Å². The van der Waals surface area contributed by atoms with E-state index < -0.39 is 16.1 Å². The van der Waals surface area contributed by atoms with Crippen LogP contribution in [0.1, 0.15) is 17.2 Å². The van der Waals surface area contributed by atoms with Crippen LogP contribution < -0.4 is 4.72 Å². The van der Waals surface area contributed by atoms with Crippen LogP contribution >= 0.6 is 11.3 Å². The van der Waals surface area contributed by atoms with Gasteiger partial charge >= 0.3 is 0 Å². The standard InChI is InChI=1S/C17H17NO3S2/c1-12-5-4-6-13(9-12)23(20,21)18-10-16(19)15-11-22-17-8-3-2-7-14(15)17/h2-9,11,16,18-19H,10H2,1H3. The molecule has 0 saturated heterocycles. The maximum absolute atomic E-state index is 12.3. The molecule has 0 aliphatic heterocycles. The van der Waals surface area contributed by atoms with E-state index in [0.29, 0.717) is 0 Å². The van der Waals surface area contributed by atoms with Gasteiger partial charge in [0.15, 0.2) is 0 Å². The Hall–Kier alpha value is -1.73. The Balaban J connectivity index is 1.77.